The summed E-state index contributed by atoms with van der Waals surface area (Å²) in [5.74, 6) is -2.90. The van der Waals surface area contributed by atoms with Gasteiger partial charge in [0.2, 0.25) is 17.7 Å². The number of carboxylic acids is 1. The van der Waals surface area contributed by atoms with Crippen LogP contribution in [0.25, 0.3) is 0 Å². The van der Waals surface area contributed by atoms with E-state index in [-0.39, 0.29) is 43.6 Å². The molecule has 214 valence electrons. The first-order valence-corrected chi connectivity index (χ1v) is 12.7. The number of carboxylic acid groups (broad SMARTS) is 1. The van der Waals surface area contributed by atoms with E-state index in [2.05, 4.69) is 30.9 Å². The Balaban J connectivity index is 3.00. The van der Waals surface area contributed by atoms with Gasteiger partial charge in [-0.2, -0.15) is 0 Å². The Morgan fingerprint density at radius 3 is 2.05 bits per heavy atom. The highest BCUT2D eigenvalue weighted by molar-refractivity contribution is 5.94. The molecule has 0 aliphatic heterocycles. The molecule has 0 fully saturated rings. The maximum atomic E-state index is 13.3. The number of aliphatic carboxylic acids is 1. The number of aliphatic imine (C=N–C) groups is 1. The highest BCUT2D eigenvalue weighted by Gasteiger charge is 2.31. The summed E-state index contributed by atoms with van der Waals surface area (Å²) in [6.07, 6.45) is 4.16. The van der Waals surface area contributed by atoms with Crippen LogP contribution in [-0.4, -0.2) is 75.4 Å². The van der Waals surface area contributed by atoms with Crippen LogP contribution in [0.15, 0.2) is 17.5 Å². The zero-order valence-corrected chi connectivity index (χ0v) is 22.6. The van der Waals surface area contributed by atoms with E-state index in [1.54, 1.807) is 0 Å². The van der Waals surface area contributed by atoms with Crippen LogP contribution in [0, 0.1) is 11.8 Å². The molecule has 0 aliphatic rings. The summed E-state index contributed by atoms with van der Waals surface area (Å²) >= 11 is 0. The Morgan fingerprint density at radius 2 is 1.53 bits per heavy atom. The summed E-state index contributed by atoms with van der Waals surface area (Å²) in [5.41, 5.74) is 17.2. The van der Waals surface area contributed by atoms with Gasteiger partial charge < -0.3 is 43.2 Å². The SMILES string of the molecule is CC(C)CC(N)C(=O)NC(Cc1cnc[nH]1)C(=O)NC(CC(C)C)C(=O)NC(CCCN=C(N)N)C(=O)O. The molecule has 0 aliphatic carbocycles. The van der Waals surface area contributed by atoms with Crippen molar-refractivity contribution in [2.24, 2.45) is 34.0 Å². The van der Waals surface area contributed by atoms with E-state index in [0.29, 0.717) is 18.5 Å². The summed E-state index contributed by atoms with van der Waals surface area (Å²) in [6, 6.07) is -4.08. The van der Waals surface area contributed by atoms with Crippen molar-refractivity contribution in [3.05, 3.63) is 18.2 Å². The second kappa shape index (κ2) is 16.2. The largest absolute Gasteiger partial charge is 0.480 e. The van der Waals surface area contributed by atoms with Gasteiger partial charge in [0.1, 0.15) is 18.1 Å². The van der Waals surface area contributed by atoms with E-state index in [1.807, 2.05) is 27.7 Å². The summed E-state index contributed by atoms with van der Waals surface area (Å²) in [4.78, 5) is 61.4. The minimum absolute atomic E-state index is 0.00342. The quantitative estimate of drug-likeness (QED) is 0.0686. The van der Waals surface area contributed by atoms with Crippen LogP contribution in [0.2, 0.25) is 0 Å². The molecule has 14 nitrogen and oxygen atoms in total. The number of hydrogen-bond acceptors (Lipinski definition) is 7. The summed E-state index contributed by atoms with van der Waals surface area (Å²) in [5, 5.41) is 17.4. The molecule has 0 saturated carbocycles. The monoisotopic (exact) mass is 537 g/mol. The molecule has 4 atom stereocenters. The minimum Gasteiger partial charge on any atom is -0.480 e. The maximum Gasteiger partial charge on any atom is 0.326 e. The van der Waals surface area contributed by atoms with Crippen molar-refractivity contribution in [3.63, 3.8) is 0 Å². The van der Waals surface area contributed by atoms with Gasteiger partial charge in [-0.15, -0.1) is 0 Å². The first-order valence-electron chi connectivity index (χ1n) is 12.7. The lowest BCUT2D eigenvalue weighted by Crippen LogP contribution is -2.58. The Hall–Kier alpha value is -3.68. The van der Waals surface area contributed by atoms with Gasteiger partial charge in [0.05, 0.1) is 12.4 Å². The number of aromatic nitrogens is 2. The Kier molecular flexibility index (Phi) is 13.8. The molecule has 14 heteroatoms. The zero-order chi connectivity index (χ0) is 28.8. The van der Waals surface area contributed by atoms with Gasteiger partial charge in [0, 0.05) is 24.9 Å². The van der Waals surface area contributed by atoms with E-state index in [9.17, 15) is 24.3 Å². The Bertz CT molecular complexity index is 930. The minimum atomic E-state index is -1.22. The van der Waals surface area contributed by atoms with Gasteiger partial charge in [0.25, 0.3) is 0 Å². The smallest absolute Gasteiger partial charge is 0.326 e. The lowest BCUT2D eigenvalue weighted by atomic mass is 10.0. The standard InChI is InChI=1S/C24H43N9O5/c1-13(2)8-16(25)20(34)32-19(10-15-11-28-12-30-15)22(36)33-18(9-14(3)4)21(35)31-17(23(37)38)6-5-7-29-24(26)27/h11-14,16-19H,5-10,25H2,1-4H3,(H,28,30)(H,31,35)(H,32,34)(H,33,36)(H,37,38)(H4,26,27,29). The fourth-order valence-electron chi connectivity index (χ4n) is 3.73. The summed E-state index contributed by atoms with van der Waals surface area (Å²) in [7, 11) is 0. The number of nitrogens with one attached hydrogen (secondary N) is 4. The lowest BCUT2D eigenvalue weighted by Gasteiger charge is -2.26. The van der Waals surface area contributed by atoms with E-state index < -0.39 is 47.9 Å². The number of aromatic amines is 1. The van der Waals surface area contributed by atoms with Gasteiger partial charge in [-0.1, -0.05) is 27.7 Å². The number of H-pyrrole nitrogens is 1. The first kappa shape index (κ1) is 32.3. The Labute approximate surface area is 223 Å². The molecule has 3 amide bonds. The van der Waals surface area contributed by atoms with Crippen molar-refractivity contribution >= 4 is 29.7 Å². The third-order valence-electron chi connectivity index (χ3n) is 5.57. The topological polar surface area (TPSA) is 244 Å². The van der Waals surface area contributed by atoms with Gasteiger partial charge >= 0.3 is 5.97 Å². The fraction of sp³-hybridized carbons (Fsp3) is 0.667. The van der Waals surface area contributed by atoms with Crippen LogP contribution in [0.3, 0.4) is 0 Å². The lowest BCUT2D eigenvalue weighted by molar-refractivity contribution is -0.142. The predicted molar refractivity (Wildman–Crippen MR) is 143 cm³/mol. The number of amides is 3. The molecule has 0 aromatic carbocycles. The molecule has 11 N–H and O–H groups in total. The first-order chi connectivity index (χ1) is 17.8. The van der Waals surface area contributed by atoms with Gasteiger partial charge in [0.15, 0.2) is 5.96 Å². The Morgan fingerprint density at radius 1 is 0.947 bits per heavy atom. The second-order valence-electron chi connectivity index (χ2n) is 10.1. The molecular formula is C24H43N9O5. The fourth-order valence-corrected chi connectivity index (χ4v) is 3.73. The van der Waals surface area contributed by atoms with Gasteiger partial charge in [-0.05, 0) is 37.5 Å². The third-order valence-corrected chi connectivity index (χ3v) is 5.57. The molecular weight excluding hydrogens is 494 g/mol. The molecule has 0 bridgehead atoms. The normalized spacial score (nSPS) is 14.3. The van der Waals surface area contributed by atoms with Crippen molar-refractivity contribution in [1.82, 2.24) is 25.9 Å². The summed E-state index contributed by atoms with van der Waals surface area (Å²) < 4.78 is 0. The van der Waals surface area contributed by atoms with Gasteiger partial charge in [-0.3, -0.25) is 19.4 Å². The molecule has 4 unspecified atom stereocenters. The van der Waals surface area contributed by atoms with E-state index in [0.717, 1.165) is 0 Å². The van der Waals surface area contributed by atoms with Crippen LogP contribution >= 0.6 is 0 Å². The molecule has 1 rings (SSSR count). The van der Waals surface area contributed by atoms with Crippen molar-refractivity contribution in [1.29, 1.82) is 0 Å². The number of rotatable bonds is 17. The summed E-state index contributed by atoms with van der Waals surface area (Å²) in [6.45, 7) is 7.81. The van der Waals surface area contributed by atoms with Crippen LogP contribution in [0.4, 0.5) is 0 Å². The highest BCUT2D eigenvalue weighted by atomic mass is 16.4. The predicted octanol–water partition coefficient (Wildman–Crippen LogP) is -1.04. The van der Waals surface area contributed by atoms with Crippen LogP contribution in [0.1, 0.15) is 59.1 Å². The van der Waals surface area contributed by atoms with Crippen molar-refractivity contribution in [3.8, 4) is 0 Å². The van der Waals surface area contributed by atoms with Crippen LogP contribution in [-0.2, 0) is 25.6 Å². The number of nitrogens with two attached hydrogens (primary N) is 3. The van der Waals surface area contributed by atoms with E-state index in [4.69, 9.17) is 17.2 Å². The molecule has 38 heavy (non-hydrogen) atoms. The average molecular weight is 538 g/mol. The molecule has 1 aromatic rings. The van der Waals surface area contributed by atoms with Crippen LogP contribution < -0.4 is 33.2 Å². The highest BCUT2D eigenvalue weighted by Crippen LogP contribution is 2.09. The molecule has 0 saturated heterocycles. The molecule has 1 heterocycles. The number of hydrogen-bond donors (Lipinski definition) is 8. The maximum absolute atomic E-state index is 13.3. The molecule has 1 aromatic heterocycles. The van der Waals surface area contributed by atoms with Crippen molar-refractivity contribution in [2.45, 2.75) is 84.0 Å². The second-order valence-corrected chi connectivity index (χ2v) is 10.1. The number of guanidine groups is 1. The van der Waals surface area contributed by atoms with E-state index in [1.165, 1.54) is 12.5 Å². The number of carbonyl (C=O) groups is 4. The van der Waals surface area contributed by atoms with Crippen molar-refractivity contribution in [2.75, 3.05) is 6.54 Å². The van der Waals surface area contributed by atoms with Crippen molar-refractivity contribution < 1.29 is 24.3 Å². The molecule has 0 radical (unpaired) electrons. The zero-order valence-electron chi connectivity index (χ0n) is 22.6. The van der Waals surface area contributed by atoms with E-state index >= 15 is 0 Å². The number of nitrogens with zero attached hydrogens (tertiary/aromatic N) is 2. The average Bonchev–Trinajstić information content (AvgIpc) is 3.32. The van der Waals surface area contributed by atoms with Crippen LogP contribution in [0.5, 0.6) is 0 Å². The number of imidazole rings is 1. The molecule has 0 spiro atoms. The third kappa shape index (κ3) is 12.5. The number of carbonyl (C=O) groups excluding carboxylic acids is 3. The van der Waals surface area contributed by atoms with Gasteiger partial charge in [-0.25, -0.2) is 9.78 Å².